The van der Waals surface area contributed by atoms with Crippen molar-refractivity contribution < 1.29 is 14.4 Å². The highest BCUT2D eigenvalue weighted by atomic mass is 16.2. The molecule has 152 valence electrons. The van der Waals surface area contributed by atoms with E-state index in [1.54, 1.807) is 15.9 Å². The largest absolute Gasteiger partial charge is 0.352 e. The van der Waals surface area contributed by atoms with Crippen LogP contribution in [0, 0.1) is 5.92 Å². The summed E-state index contributed by atoms with van der Waals surface area (Å²) in [7, 11) is 0. The van der Waals surface area contributed by atoms with Gasteiger partial charge in [-0.3, -0.25) is 14.4 Å². The maximum absolute atomic E-state index is 12.8. The smallest absolute Gasteiger partial charge is 0.246 e. The van der Waals surface area contributed by atoms with Crippen LogP contribution in [0.25, 0.3) is 6.08 Å². The second kappa shape index (κ2) is 10.6. The van der Waals surface area contributed by atoms with Gasteiger partial charge >= 0.3 is 0 Å². The molecular weight excluding hydrogens is 354 g/mol. The van der Waals surface area contributed by atoms with Crippen molar-refractivity contribution in [2.24, 2.45) is 5.92 Å². The Morgan fingerprint density at radius 3 is 2.39 bits per heavy atom. The van der Waals surface area contributed by atoms with Crippen LogP contribution in [-0.4, -0.2) is 59.7 Å². The molecule has 0 aliphatic carbocycles. The lowest BCUT2D eigenvalue weighted by Gasteiger charge is -2.33. The SMILES string of the molecule is CCN(CC(=O)NC(C)C)C(=O)C1CCN(C(=O)/C=C/c2ccccc2)CC1. The number of hydrogen-bond acceptors (Lipinski definition) is 3. The molecule has 0 atom stereocenters. The lowest BCUT2D eigenvalue weighted by molar-refractivity contribution is -0.142. The molecule has 0 radical (unpaired) electrons. The molecule has 1 fully saturated rings. The van der Waals surface area contributed by atoms with E-state index in [-0.39, 0.29) is 36.2 Å². The number of nitrogens with one attached hydrogen (secondary N) is 1. The first-order chi connectivity index (χ1) is 13.4. The van der Waals surface area contributed by atoms with Crippen molar-refractivity contribution in [3.05, 3.63) is 42.0 Å². The molecule has 1 aliphatic heterocycles. The molecular formula is C22H31N3O3. The summed E-state index contributed by atoms with van der Waals surface area (Å²) < 4.78 is 0. The molecule has 0 aromatic heterocycles. The fraction of sp³-hybridized carbons (Fsp3) is 0.500. The minimum Gasteiger partial charge on any atom is -0.352 e. The summed E-state index contributed by atoms with van der Waals surface area (Å²) in [5.41, 5.74) is 0.985. The first-order valence-corrected chi connectivity index (χ1v) is 10.0. The first-order valence-electron chi connectivity index (χ1n) is 10.0. The quantitative estimate of drug-likeness (QED) is 0.733. The van der Waals surface area contributed by atoms with Crippen LogP contribution in [0.1, 0.15) is 39.2 Å². The normalized spacial score (nSPS) is 15.1. The number of likely N-dealkylation sites (tertiary alicyclic amines) is 1. The van der Waals surface area contributed by atoms with Gasteiger partial charge in [-0.1, -0.05) is 30.3 Å². The summed E-state index contributed by atoms with van der Waals surface area (Å²) in [6.07, 6.45) is 4.66. The monoisotopic (exact) mass is 385 g/mol. The molecule has 1 aromatic carbocycles. The van der Waals surface area contributed by atoms with Crippen LogP contribution in [0.2, 0.25) is 0 Å². The number of rotatable bonds is 7. The zero-order valence-corrected chi connectivity index (χ0v) is 17.1. The predicted molar refractivity (Wildman–Crippen MR) is 110 cm³/mol. The van der Waals surface area contributed by atoms with E-state index in [1.807, 2.05) is 57.2 Å². The van der Waals surface area contributed by atoms with Gasteiger partial charge in [-0.15, -0.1) is 0 Å². The molecule has 1 N–H and O–H groups in total. The average molecular weight is 386 g/mol. The van der Waals surface area contributed by atoms with Crippen LogP contribution in [0.3, 0.4) is 0 Å². The summed E-state index contributed by atoms with van der Waals surface area (Å²) in [5, 5.41) is 2.82. The molecule has 0 spiro atoms. The number of nitrogens with zero attached hydrogens (tertiary/aromatic N) is 2. The van der Waals surface area contributed by atoms with Gasteiger partial charge in [0.25, 0.3) is 0 Å². The Morgan fingerprint density at radius 2 is 1.82 bits per heavy atom. The fourth-order valence-corrected chi connectivity index (χ4v) is 3.33. The third-order valence-corrected chi connectivity index (χ3v) is 4.85. The molecule has 1 aromatic rings. The van der Waals surface area contributed by atoms with Gasteiger partial charge in [-0.25, -0.2) is 0 Å². The van der Waals surface area contributed by atoms with E-state index in [0.717, 1.165) is 5.56 Å². The minimum atomic E-state index is -0.135. The van der Waals surface area contributed by atoms with Gasteiger partial charge < -0.3 is 15.1 Å². The van der Waals surface area contributed by atoms with Gasteiger partial charge in [0.2, 0.25) is 17.7 Å². The summed E-state index contributed by atoms with van der Waals surface area (Å²) in [5.74, 6) is -0.287. The van der Waals surface area contributed by atoms with Crippen molar-refractivity contribution in [3.8, 4) is 0 Å². The standard InChI is InChI=1S/C22H31N3O3/c1-4-24(16-20(26)23-17(2)3)22(28)19-12-14-25(15-13-19)21(27)11-10-18-8-6-5-7-9-18/h5-11,17,19H,4,12-16H2,1-3H3,(H,23,26)/b11-10+. The molecule has 1 saturated heterocycles. The third kappa shape index (κ3) is 6.51. The summed E-state index contributed by atoms with van der Waals surface area (Å²) in [6, 6.07) is 9.75. The zero-order chi connectivity index (χ0) is 20.5. The summed E-state index contributed by atoms with van der Waals surface area (Å²) >= 11 is 0. The Balaban J connectivity index is 1.84. The van der Waals surface area contributed by atoms with Gasteiger partial charge in [-0.2, -0.15) is 0 Å². The van der Waals surface area contributed by atoms with Gasteiger partial charge in [-0.05, 0) is 45.3 Å². The molecule has 1 aliphatic rings. The molecule has 28 heavy (non-hydrogen) atoms. The topological polar surface area (TPSA) is 69.7 Å². The average Bonchev–Trinajstić information content (AvgIpc) is 2.70. The Hall–Kier alpha value is -2.63. The number of amides is 3. The van der Waals surface area contributed by atoms with E-state index >= 15 is 0 Å². The first kappa shape index (κ1) is 21.7. The van der Waals surface area contributed by atoms with E-state index in [4.69, 9.17) is 0 Å². The van der Waals surface area contributed by atoms with E-state index in [0.29, 0.717) is 32.5 Å². The van der Waals surface area contributed by atoms with Crippen LogP contribution in [0.4, 0.5) is 0 Å². The number of carbonyl (C=O) groups is 3. The highest BCUT2D eigenvalue weighted by Crippen LogP contribution is 2.20. The molecule has 0 unspecified atom stereocenters. The Kier molecular flexibility index (Phi) is 8.23. The predicted octanol–water partition coefficient (Wildman–Crippen LogP) is 2.31. The van der Waals surface area contributed by atoms with Gasteiger partial charge in [0.05, 0.1) is 6.54 Å². The second-order valence-electron chi connectivity index (χ2n) is 7.42. The number of benzene rings is 1. The van der Waals surface area contributed by atoms with Crippen molar-refractivity contribution in [3.63, 3.8) is 0 Å². The van der Waals surface area contributed by atoms with Crippen LogP contribution in [0.15, 0.2) is 36.4 Å². The van der Waals surface area contributed by atoms with E-state index in [2.05, 4.69) is 5.32 Å². The number of piperidine rings is 1. The van der Waals surface area contributed by atoms with Crippen LogP contribution in [-0.2, 0) is 14.4 Å². The highest BCUT2D eigenvalue weighted by Gasteiger charge is 2.30. The Bertz CT molecular complexity index is 692. The van der Waals surface area contributed by atoms with E-state index in [1.165, 1.54) is 0 Å². The molecule has 6 heteroatoms. The molecule has 1 heterocycles. The molecule has 3 amide bonds. The second-order valence-corrected chi connectivity index (χ2v) is 7.42. The van der Waals surface area contributed by atoms with E-state index < -0.39 is 0 Å². The van der Waals surface area contributed by atoms with E-state index in [9.17, 15) is 14.4 Å². The lowest BCUT2D eigenvalue weighted by atomic mass is 9.95. The zero-order valence-electron chi connectivity index (χ0n) is 17.1. The van der Waals surface area contributed by atoms with Crippen LogP contribution >= 0.6 is 0 Å². The molecule has 0 saturated carbocycles. The lowest BCUT2D eigenvalue weighted by Crippen LogP contribution is -2.47. The third-order valence-electron chi connectivity index (χ3n) is 4.85. The maximum atomic E-state index is 12.8. The Labute approximate surface area is 167 Å². The molecule has 0 bridgehead atoms. The van der Waals surface area contributed by atoms with Gasteiger partial charge in [0.15, 0.2) is 0 Å². The van der Waals surface area contributed by atoms with Crippen molar-refractivity contribution in [2.45, 2.75) is 39.7 Å². The van der Waals surface area contributed by atoms with Gasteiger partial charge in [0.1, 0.15) is 0 Å². The minimum absolute atomic E-state index is 0.00772. The van der Waals surface area contributed by atoms with Crippen molar-refractivity contribution in [2.75, 3.05) is 26.2 Å². The number of carbonyl (C=O) groups excluding carboxylic acids is 3. The number of likely N-dealkylation sites (N-methyl/N-ethyl adjacent to an activating group) is 1. The summed E-state index contributed by atoms with van der Waals surface area (Å²) in [6.45, 7) is 7.39. The molecule has 2 rings (SSSR count). The Morgan fingerprint density at radius 1 is 1.18 bits per heavy atom. The summed E-state index contributed by atoms with van der Waals surface area (Å²) in [4.78, 5) is 40.5. The van der Waals surface area contributed by atoms with Crippen molar-refractivity contribution in [1.29, 1.82) is 0 Å². The van der Waals surface area contributed by atoms with Crippen LogP contribution < -0.4 is 5.32 Å². The van der Waals surface area contributed by atoms with Crippen molar-refractivity contribution in [1.82, 2.24) is 15.1 Å². The van der Waals surface area contributed by atoms with Crippen molar-refractivity contribution >= 4 is 23.8 Å². The highest BCUT2D eigenvalue weighted by molar-refractivity contribution is 5.92. The van der Waals surface area contributed by atoms with Crippen LogP contribution in [0.5, 0.6) is 0 Å². The maximum Gasteiger partial charge on any atom is 0.246 e. The fourth-order valence-electron chi connectivity index (χ4n) is 3.33. The molecule has 6 nitrogen and oxygen atoms in total. The number of hydrogen-bond donors (Lipinski definition) is 1. The van der Waals surface area contributed by atoms with Gasteiger partial charge in [0, 0.05) is 37.7 Å².